The molecule has 1 N–H and O–H groups in total. The number of nitrogens with one attached hydrogen (secondary N) is 1. The number of benzene rings is 1. The standard InChI is InChI=1S/C16H24ClNS/c1-2-18-15(10-13-6-3-4-7-13)12-19-16-9-5-8-14(17)11-16/h5,8-9,11,13,15,18H,2-4,6-7,10,12H2,1H3. The first kappa shape index (κ1) is 15.2. The summed E-state index contributed by atoms with van der Waals surface area (Å²) in [5.41, 5.74) is 0. The van der Waals surface area contributed by atoms with Gasteiger partial charge in [-0.05, 0) is 37.1 Å². The van der Waals surface area contributed by atoms with Crippen molar-refractivity contribution in [2.24, 2.45) is 5.92 Å². The Morgan fingerprint density at radius 3 is 2.84 bits per heavy atom. The van der Waals surface area contributed by atoms with E-state index in [-0.39, 0.29) is 0 Å². The van der Waals surface area contributed by atoms with Gasteiger partial charge in [0.2, 0.25) is 0 Å². The monoisotopic (exact) mass is 297 g/mol. The van der Waals surface area contributed by atoms with Crippen molar-refractivity contribution in [1.82, 2.24) is 5.32 Å². The molecule has 2 rings (SSSR count). The van der Waals surface area contributed by atoms with Crippen LogP contribution in [0, 0.1) is 5.92 Å². The fourth-order valence-electron chi connectivity index (χ4n) is 2.90. The maximum atomic E-state index is 6.03. The summed E-state index contributed by atoms with van der Waals surface area (Å²) in [5.74, 6) is 2.09. The first-order valence-electron chi connectivity index (χ1n) is 7.39. The average molecular weight is 298 g/mol. The van der Waals surface area contributed by atoms with E-state index < -0.39 is 0 Å². The summed E-state index contributed by atoms with van der Waals surface area (Å²) in [6, 6.07) is 8.81. The zero-order valence-electron chi connectivity index (χ0n) is 11.7. The number of thioether (sulfide) groups is 1. The van der Waals surface area contributed by atoms with Gasteiger partial charge < -0.3 is 5.32 Å². The lowest BCUT2D eigenvalue weighted by Crippen LogP contribution is -2.32. The van der Waals surface area contributed by atoms with Gasteiger partial charge in [0.15, 0.2) is 0 Å². The summed E-state index contributed by atoms with van der Waals surface area (Å²) in [4.78, 5) is 1.28. The molecule has 0 saturated heterocycles. The van der Waals surface area contributed by atoms with Gasteiger partial charge in [0.1, 0.15) is 0 Å². The molecule has 1 saturated carbocycles. The van der Waals surface area contributed by atoms with Crippen molar-refractivity contribution in [1.29, 1.82) is 0 Å². The molecule has 0 spiro atoms. The highest BCUT2D eigenvalue weighted by Gasteiger charge is 2.19. The molecule has 3 heteroatoms. The minimum Gasteiger partial charge on any atom is -0.313 e. The van der Waals surface area contributed by atoms with Crippen molar-refractivity contribution in [2.75, 3.05) is 12.3 Å². The third-order valence-corrected chi connectivity index (χ3v) is 5.22. The molecule has 0 bridgehead atoms. The van der Waals surface area contributed by atoms with Crippen LogP contribution >= 0.6 is 23.4 Å². The molecule has 1 aliphatic carbocycles. The molecule has 19 heavy (non-hydrogen) atoms. The highest BCUT2D eigenvalue weighted by atomic mass is 35.5. The summed E-state index contributed by atoms with van der Waals surface area (Å²) in [6.45, 7) is 3.26. The van der Waals surface area contributed by atoms with Gasteiger partial charge in [0.05, 0.1) is 0 Å². The number of halogens is 1. The second-order valence-electron chi connectivity index (χ2n) is 5.41. The molecule has 1 unspecified atom stereocenters. The molecular formula is C16H24ClNS. The molecule has 0 radical (unpaired) electrons. The van der Waals surface area contributed by atoms with Gasteiger partial charge in [-0.3, -0.25) is 0 Å². The fourth-order valence-corrected chi connectivity index (χ4v) is 4.19. The van der Waals surface area contributed by atoms with Crippen LogP contribution in [0.3, 0.4) is 0 Å². The lowest BCUT2D eigenvalue weighted by molar-refractivity contribution is 0.415. The molecule has 0 aliphatic heterocycles. The van der Waals surface area contributed by atoms with E-state index in [1.165, 1.54) is 37.0 Å². The Balaban J connectivity index is 1.82. The molecule has 0 amide bonds. The van der Waals surface area contributed by atoms with E-state index in [4.69, 9.17) is 11.6 Å². The average Bonchev–Trinajstić information content (AvgIpc) is 2.89. The van der Waals surface area contributed by atoms with Crippen molar-refractivity contribution in [3.8, 4) is 0 Å². The van der Waals surface area contributed by atoms with Gasteiger partial charge in [0, 0.05) is 21.7 Å². The number of hydrogen-bond donors (Lipinski definition) is 1. The molecule has 106 valence electrons. The highest BCUT2D eigenvalue weighted by molar-refractivity contribution is 7.99. The van der Waals surface area contributed by atoms with Crippen LogP contribution < -0.4 is 5.32 Å². The first-order chi connectivity index (χ1) is 9.28. The Kier molecular flexibility index (Phi) is 6.55. The Hall–Kier alpha value is -0.180. The Morgan fingerprint density at radius 1 is 1.37 bits per heavy atom. The van der Waals surface area contributed by atoms with E-state index in [1.54, 1.807) is 0 Å². The van der Waals surface area contributed by atoms with E-state index in [0.29, 0.717) is 6.04 Å². The van der Waals surface area contributed by atoms with Gasteiger partial charge in [0.25, 0.3) is 0 Å². The van der Waals surface area contributed by atoms with Crippen LogP contribution in [0.15, 0.2) is 29.2 Å². The summed E-state index contributed by atoms with van der Waals surface area (Å²) < 4.78 is 0. The summed E-state index contributed by atoms with van der Waals surface area (Å²) in [5, 5.41) is 4.47. The van der Waals surface area contributed by atoms with Gasteiger partial charge in [-0.25, -0.2) is 0 Å². The van der Waals surface area contributed by atoms with E-state index in [1.807, 2.05) is 23.9 Å². The van der Waals surface area contributed by atoms with Crippen molar-refractivity contribution >= 4 is 23.4 Å². The Labute approximate surface area is 126 Å². The third kappa shape index (κ3) is 5.37. The predicted octanol–water partition coefficient (Wildman–Crippen LogP) is 4.99. The quantitative estimate of drug-likeness (QED) is 0.712. The summed E-state index contributed by atoms with van der Waals surface area (Å²) in [7, 11) is 0. The summed E-state index contributed by atoms with van der Waals surface area (Å²) >= 11 is 7.95. The molecule has 1 nitrogen and oxygen atoms in total. The lowest BCUT2D eigenvalue weighted by Gasteiger charge is -2.21. The lowest BCUT2D eigenvalue weighted by atomic mass is 9.99. The highest BCUT2D eigenvalue weighted by Crippen LogP contribution is 2.30. The smallest absolute Gasteiger partial charge is 0.0417 e. The maximum absolute atomic E-state index is 6.03. The molecule has 1 aromatic carbocycles. The van der Waals surface area contributed by atoms with Gasteiger partial charge >= 0.3 is 0 Å². The van der Waals surface area contributed by atoms with Crippen LogP contribution in [0.4, 0.5) is 0 Å². The van der Waals surface area contributed by atoms with E-state index in [2.05, 4.69) is 24.4 Å². The van der Waals surface area contributed by atoms with Gasteiger partial charge in [-0.2, -0.15) is 0 Å². The van der Waals surface area contributed by atoms with Gasteiger partial charge in [-0.1, -0.05) is 50.3 Å². The van der Waals surface area contributed by atoms with Crippen molar-refractivity contribution in [3.05, 3.63) is 29.3 Å². The van der Waals surface area contributed by atoms with Crippen LogP contribution in [0.25, 0.3) is 0 Å². The summed E-state index contributed by atoms with van der Waals surface area (Å²) in [6.07, 6.45) is 7.07. The fraction of sp³-hybridized carbons (Fsp3) is 0.625. The minimum atomic E-state index is 0.636. The zero-order valence-corrected chi connectivity index (χ0v) is 13.3. The molecule has 0 aromatic heterocycles. The third-order valence-electron chi connectivity index (χ3n) is 3.83. The van der Waals surface area contributed by atoms with Crippen LogP contribution in [0.2, 0.25) is 5.02 Å². The second kappa shape index (κ2) is 8.18. The number of hydrogen-bond acceptors (Lipinski definition) is 2. The van der Waals surface area contributed by atoms with Crippen LogP contribution in [0.5, 0.6) is 0 Å². The van der Waals surface area contributed by atoms with Gasteiger partial charge in [-0.15, -0.1) is 11.8 Å². The molecule has 1 aliphatic rings. The largest absolute Gasteiger partial charge is 0.313 e. The zero-order chi connectivity index (χ0) is 13.5. The molecular weight excluding hydrogens is 274 g/mol. The minimum absolute atomic E-state index is 0.636. The molecule has 0 heterocycles. The Bertz CT molecular complexity index is 377. The van der Waals surface area contributed by atoms with Crippen molar-refractivity contribution < 1.29 is 0 Å². The Morgan fingerprint density at radius 2 is 2.16 bits per heavy atom. The second-order valence-corrected chi connectivity index (χ2v) is 6.94. The topological polar surface area (TPSA) is 12.0 Å². The van der Waals surface area contributed by atoms with Crippen molar-refractivity contribution in [2.45, 2.75) is 50.0 Å². The number of rotatable bonds is 7. The molecule has 1 atom stereocenters. The maximum Gasteiger partial charge on any atom is 0.0417 e. The van der Waals surface area contributed by atoms with Crippen LogP contribution in [0.1, 0.15) is 39.0 Å². The van der Waals surface area contributed by atoms with E-state index in [9.17, 15) is 0 Å². The SMILES string of the molecule is CCNC(CSc1cccc(Cl)c1)CC1CCCC1. The van der Waals surface area contributed by atoms with E-state index >= 15 is 0 Å². The van der Waals surface area contributed by atoms with Crippen molar-refractivity contribution in [3.63, 3.8) is 0 Å². The molecule has 1 fully saturated rings. The normalized spacial score (nSPS) is 17.8. The molecule has 1 aromatic rings. The van der Waals surface area contributed by atoms with E-state index in [0.717, 1.165) is 23.2 Å². The first-order valence-corrected chi connectivity index (χ1v) is 8.76. The van der Waals surface area contributed by atoms with Crippen LogP contribution in [-0.2, 0) is 0 Å². The van der Waals surface area contributed by atoms with Crippen LogP contribution in [-0.4, -0.2) is 18.3 Å². The predicted molar refractivity (Wildman–Crippen MR) is 86.2 cm³/mol.